The third-order valence-electron chi connectivity index (χ3n) is 4.84. The van der Waals surface area contributed by atoms with Gasteiger partial charge in [-0.1, -0.05) is 38.5 Å². The first-order valence-corrected chi connectivity index (χ1v) is 10.7. The Hall–Kier alpha value is -3.68. The smallest absolute Gasteiger partial charge is 0.292 e. The third kappa shape index (κ3) is 5.32. The lowest BCUT2D eigenvalue weighted by molar-refractivity contribution is 0.0949. The number of hydrogen-bond acceptors (Lipinski definition) is 6. The van der Waals surface area contributed by atoms with Crippen molar-refractivity contribution in [3.63, 3.8) is 0 Å². The molecule has 2 aromatic carbocycles. The number of hydrazone groups is 1. The third-order valence-corrected chi connectivity index (χ3v) is 4.84. The first-order valence-electron chi connectivity index (χ1n) is 10.7. The zero-order valence-corrected chi connectivity index (χ0v) is 18.6. The highest BCUT2D eigenvalue weighted by atomic mass is 16.5. The number of nitrogens with one attached hydrogen (secondary N) is 1. The molecule has 0 aliphatic carbocycles. The number of ether oxygens (including phenoxy) is 2. The summed E-state index contributed by atoms with van der Waals surface area (Å²) in [6.07, 6.45) is 4.12. The largest absolute Gasteiger partial charge is 0.493 e. The Balaban J connectivity index is 1.82. The van der Waals surface area contributed by atoms with Crippen molar-refractivity contribution in [1.82, 2.24) is 15.2 Å². The standard InChI is InChI=1S/C24H28N4O4/c1-4-6-13-28-24(30)19-10-8-7-9-18(19)22(27-28)23(29)26-25-16-17-11-12-20(32-14-5-2)21(15-17)31-3/h7-12,15-16H,4-6,13-14H2,1-3H3,(H,26,29)/b25-16+. The van der Waals surface area contributed by atoms with Crippen LogP contribution in [0.25, 0.3) is 10.8 Å². The predicted octanol–water partition coefficient (Wildman–Crippen LogP) is 3.76. The molecular weight excluding hydrogens is 408 g/mol. The van der Waals surface area contributed by atoms with Crippen molar-refractivity contribution in [3.8, 4) is 11.5 Å². The van der Waals surface area contributed by atoms with Gasteiger partial charge in [-0.05, 0) is 42.7 Å². The van der Waals surface area contributed by atoms with Gasteiger partial charge in [-0.25, -0.2) is 10.1 Å². The number of amides is 1. The number of unbranched alkanes of at least 4 members (excludes halogenated alkanes) is 1. The fraction of sp³-hybridized carbons (Fsp3) is 0.333. The van der Waals surface area contributed by atoms with E-state index in [4.69, 9.17) is 9.47 Å². The van der Waals surface area contributed by atoms with Gasteiger partial charge in [0.05, 0.1) is 25.3 Å². The highest BCUT2D eigenvalue weighted by Crippen LogP contribution is 2.27. The van der Waals surface area contributed by atoms with E-state index >= 15 is 0 Å². The fourth-order valence-electron chi connectivity index (χ4n) is 3.18. The first kappa shape index (κ1) is 23.0. The van der Waals surface area contributed by atoms with Gasteiger partial charge in [-0.15, -0.1) is 0 Å². The molecule has 1 N–H and O–H groups in total. The summed E-state index contributed by atoms with van der Waals surface area (Å²) in [5, 5.41) is 9.33. The highest BCUT2D eigenvalue weighted by molar-refractivity contribution is 6.05. The summed E-state index contributed by atoms with van der Waals surface area (Å²) in [6.45, 7) is 5.12. The lowest BCUT2D eigenvalue weighted by Gasteiger charge is -2.10. The Morgan fingerprint density at radius 3 is 2.62 bits per heavy atom. The summed E-state index contributed by atoms with van der Waals surface area (Å²) in [5.74, 6) is 0.752. The maximum atomic E-state index is 12.8. The van der Waals surface area contributed by atoms with Crippen molar-refractivity contribution in [1.29, 1.82) is 0 Å². The number of rotatable bonds is 10. The van der Waals surface area contributed by atoms with Crippen LogP contribution in [0.2, 0.25) is 0 Å². The van der Waals surface area contributed by atoms with E-state index in [1.165, 1.54) is 10.9 Å². The summed E-state index contributed by atoms with van der Waals surface area (Å²) >= 11 is 0. The van der Waals surface area contributed by atoms with Gasteiger partial charge >= 0.3 is 0 Å². The molecule has 8 nitrogen and oxygen atoms in total. The minimum Gasteiger partial charge on any atom is -0.493 e. The van der Waals surface area contributed by atoms with E-state index in [2.05, 4.69) is 15.6 Å². The molecule has 1 amide bonds. The van der Waals surface area contributed by atoms with Crippen molar-refractivity contribution in [3.05, 3.63) is 64.1 Å². The summed E-state index contributed by atoms with van der Waals surface area (Å²) in [5.41, 5.74) is 3.20. The first-order chi connectivity index (χ1) is 15.6. The van der Waals surface area contributed by atoms with Crippen molar-refractivity contribution in [2.75, 3.05) is 13.7 Å². The van der Waals surface area contributed by atoms with Crippen LogP contribution in [0.1, 0.15) is 49.2 Å². The number of benzene rings is 2. The van der Waals surface area contributed by atoms with Crippen LogP contribution < -0.4 is 20.5 Å². The van der Waals surface area contributed by atoms with Gasteiger partial charge in [0.15, 0.2) is 17.2 Å². The topological polar surface area (TPSA) is 94.8 Å². The number of hydrogen-bond donors (Lipinski definition) is 1. The van der Waals surface area contributed by atoms with Gasteiger partial charge in [0.1, 0.15) is 0 Å². The Morgan fingerprint density at radius 1 is 1.12 bits per heavy atom. The zero-order chi connectivity index (χ0) is 22.9. The molecule has 0 aliphatic heterocycles. The number of aromatic nitrogens is 2. The fourth-order valence-corrected chi connectivity index (χ4v) is 3.18. The Bertz CT molecular complexity index is 1170. The van der Waals surface area contributed by atoms with E-state index in [0.29, 0.717) is 35.4 Å². The second-order valence-corrected chi connectivity index (χ2v) is 7.23. The molecule has 0 saturated heterocycles. The van der Waals surface area contributed by atoms with Crippen LogP contribution in [-0.2, 0) is 6.54 Å². The van der Waals surface area contributed by atoms with E-state index in [9.17, 15) is 9.59 Å². The average molecular weight is 437 g/mol. The van der Waals surface area contributed by atoms with Gasteiger partial charge in [-0.3, -0.25) is 9.59 Å². The number of methoxy groups -OCH3 is 1. The molecule has 0 radical (unpaired) electrons. The monoisotopic (exact) mass is 436 g/mol. The predicted molar refractivity (Wildman–Crippen MR) is 125 cm³/mol. The van der Waals surface area contributed by atoms with Crippen LogP contribution in [0.3, 0.4) is 0 Å². The van der Waals surface area contributed by atoms with Gasteiger partial charge in [-0.2, -0.15) is 10.2 Å². The number of nitrogens with zero attached hydrogens (tertiary/aromatic N) is 3. The lowest BCUT2D eigenvalue weighted by Crippen LogP contribution is -2.29. The van der Waals surface area contributed by atoms with Crippen LogP contribution in [-0.4, -0.2) is 35.6 Å². The molecule has 3 aromatic rings. The molecule has 8 heteroatoms. The summed E-state index contributed by atoms with van der Waals surface area (Å²) in [7, 11) is 1.57. The Labute approximate surface area is 186 Å². The van der Waals surface area contributed by atoms with E-state index < -0.39 is 5.91 Å². The quantitative estimate of drug-likeness (QED) is 0.386. The Kier molecular flexibility index (Phi) is 7.96. The number of aryl methyl sites for hydroxylation is 1. The summed E-state index contributed by atoms with van der Waals surface area (Å²) < 4.78 is 12.4. The second-order valence-electron chi connectivity index (χ2n) is 7.23. The molecule has 0 unspecified atom stereocenters. The maximum Gasteiger partial charge on any atom is 0.292 e. The molecule has 0 bridgehead atoms. The van der Waals surface area contributed by atoms with Gasteiger partial charge in [0.25, 0.3) is 11.5 Å². The van der Waals surface area contributed by atoms with Gasteiger partial charge in [0, 0.05) is 11.9 Å². The minimum absolute atomic E-state index is 0.161. The lowest BCUT2D eigenvalue weighted by atomic mass is 10.1. The van der Waals surface area contributed by atoms with Crippen molar-refractivity contribution in [2.24, 2.45) is 5.10 Å². The number of fused-ring (bicyclic) bond motifs is 1. The van der Waals surface area contributed by atoms with Crippen LogP contribution in [0, 0.1) is 0 Å². The van der Waals surface area contributed by atoms with E-state index in [0.717, 1.165) is 24.8 Å². The Morgan fingerprint density at radius 2 is 1.91 bits per heavy atom. The van der Waals surface area contributed by atoms with Crippen LogP contribution >= 0.6 is 0 Å². The van der Waals surface area contributed by atoms with E-state index in [-0.39, 0.29) is 11.3 Å². The molecule has 168 valence electrons. The van der Waals surface area contributed by atoms with E-state index in [1.807, 2.05) is 19.9 Å². The molecule has 3 rings (SSSR count). The summed E-state index contributed by atoms with van der Waals surface area (Å²) in [6, 6.07) is 12.4. The van der Waals surface area contributed by atoms with Crippen molar-refractivity contribution >= 4 is 22.9 Å². The minimum atomic E-state index is -0.488. The number of carbonyl (C=O) groups is 1. The molecular formula is C24H28N4O4. The molecule has 1 aromatic heterocycles. The van der Waals surface area contributed by atoms with Gasteiger partial charge in [0.2, 0.25) is 0 Å². The van der Waals surface area contributed by atoms with Crippen LogP contribution in [0.5, 0.6) is 11.5 Å². The normalized spacial score (nSPS) is 11.1. The average Bonchev–Trinajstić information content (AvgIpc) is 2.82. The van der Waals surface area contributed by atoms with Gasteiger partial charge < -0.3 is 9.47 Å². The van der Waals surface area contributed by atoms with Crippen LogP contribution in [0.15, 0.2) is 52.4 Å². The molecule has 32 heavy (non-hydrogen) atoms. The van der Waals surface area contributed by atoms with Crippen LogP contribution in [0.4, 0.5) is 0 Å². The zero-order valence-electron chi connectivity index (χ0n) is 18.6. The molecule has 0 spiro atoms. The highest BCUT2D eigenvalue weighted by Gasteiger charge is 2.16. The summed E-state index contributed by atoms with van der Waals surface area (Å²) in [4.78, 5) is 25.5. The second kappa shape index (κ2) is 11.1. The maximum absolute atomic E-state index is 12.8. The van der Waals surface area contributed by atoms with E-state index in [1.54, 1.807) is 43.5 Å². The molecule has 0 aliphatic rings. The molecule has 0 saturated carbocycles. The number of carbonyl (C=O) groups excluding carboxylic acids is 1. The molecule has 1 heterocycles. The molecule has 0 atom stereocenters. The molecule has 0 fully saturated rings. The van der Waals surface area contributed by atoms with Crippen molar-refractivity contribution < 1.29 is 14.3 Å². The van der Waals surface area contributed by atoms with Crippen molar-refractivity contribution in [2.45, 2.75) is 39.7 Å². The SMILES string of the molecule is CCCCn1nc(C(=O)N/N=C/c2ccc(OCCC)c(OC)c2)c2ccccc2c1=O.